The van der Waals surface area contributed by atoms with E-state index in [0.717, 1.165) is 30.3 Å². The molecule has 5 aromatic rings. The highest BCUT2D eigenvalue weighted by Gasteiger charge is 2.23. The number of benzene rings is 3. The smallest absolute Gasteiger partial charge is 0.209 e. The van der Waals surface area contributed by atoms with Crippen molar-refractivity contribution in [1.29, 1.82) is 0 Å². The molecule has 0 radical (unpaired) electrons. The molecule has 0 bridgehead atoms. The van der Waals surface area contributed by atoms with Crippen molar-refractivity contribution in [1.82, 2.24) is 35.8 Å². The predicted octanol–water partition coefficient (Wildman–Crippen LogP) is 9.37. The van der Waals surface area contributed by atoms with Crippen molar-refractivity contribution in [2.45, 2.75) is 16.4 Å². The normalized spacial score (nSPS) is 12.9. The lowest BCUT2D eigenvalue weighted by atomic mass is 10.1. The third-order valence-corrected chi connectivity index (χ3v) is 8.31. The maximum absolute atomic E-state index is 13.7. The molecule has 0 spiro atoms. The first-order valence-electron chi connectivity index (χ1n) is 13.6. The van der Waals surface area contributed by atoms with Crippen molar-refractivity contribution in [3.63, 3.8) is 0 Å². The molecular weight excluding hydrogens is 803 g/mol. The predicted molar refractivity (Wildman–Crippen MR) is 192 cm³/mol. The second-order valence-electron chi connectivity index (χ2n) is 8.96. The zero-order valence-corrected chi connectivity index (χ0v) is 30.8. The van der Waals surface area contributed by atoms with Gasteiger partial charge in [0.1, 0.15) is 35.1 Å². The Bertz CT molecular complexity index is 1990. The van der Waals surface area contributed by atoms with Crippen molar-refractivity contribution in [2.24, 2.45) is 10.1 Å². The Morgan fingerprint density at radius 2 is 1.33 bits per heavy atom. The number of hydrogen-bond donors (Lipinski definition) is 1. The number of aliphatic imine (C=N–C) groups is 1. The van der Waals surface area contributed by atoms with E-state index >= 15 is 0 Å². The molecule has 0 saturated heterocycles. The summed E-state index contributed by atoms with van der Waals surface area (Å²) in [6.07, 6.45) is 11.1. The van der Waals surface area contributed by atoms with Crippen LogP contribution in [0.3, 0.4) is 0 Å². The quantitative estimate of drug-likeness (QED) is 0.107. The highest BCUT2D eigenvalue weighted by atomic mass is 35.5. The van der Waals surface area contributed by atoms with Crippen LogP contribution < -0.4 is 5.43 Å². The van der Waals surface area contributed by atoms with Crippen LogP contribution in [0, 0.1) is 34.9 Å². The first-order valence-corrected chi connectivity index (χ1v) is 18.4. The number of hydrazone groups is 1. The number of halogens is 9. The van der Waals surface area contributed by atoms with Gasteiger partial charge in [-0.2, -0.15) is 15.3 Å². The first-order chi connectivity index (χ1) is 24.4. The Morgan fingerprint density at radius 1 is 0.686 bits per heavy atom. The Labute approximate surface area is 315 Å². The van der Waals surface area contributed by atoms with Crippen LogP contribution in [0.2, 0.25) is 15.1 Å². The molecule has 21 heteroatoms. The fourth-order valence-corrected chi connectivity index (χ4v) is 4.87. The van der Waals surface area contributed by atoms with E-state index in [4.69, 9.17) is 34.8 Å². The highest BCUT2D eigenvalue weighted by Crippen LogP contribution is 2.30. The molecule has 1 aliphatic rings. The number of nitrogens with one attached hydrogen (secondary N) is 1. The third-order valence-electron chi connectivity index (χ3n) is 5.75. The Morgan fingerprint density at radius 3 is 1.92 bits per heavy atom. The first kappa shape index (κ1) is 41.7. The van der Waals surface area contributed by atoms with Crippen LogP contribution in [0.15, 0.2) is 81.5 Å². The lowest BCUT2D eigenvalue weighted by Crippen LogP contribution is -2.21. The number of aromatic nitrogens is 6. The molecule has 0 fully saturated rings. The van der Waals surface area contributed by atoms with E-state index in [1.807, 2.05) is 6.26 Å². The van der Waals surface area contributed by atoms with Crippen LogP contribution in [0.4, 0.5) is 26.3 Å². The summed E-state index contributed by atoms with van der Waals surface area (Å²) in [4.78, 5) is 12.0. The molecule has 2 aromatic heterocycles. The van der Waals surface area contributed by atoms with Gasteiger partial charge in [-0.15, -0.1) is 10.2 Å². The van der Waals surface area contributed by atoms with E-state index in [1.165, 1.54) is 59.8 Å². The van der Waals surface area contributed by atoms with Gasteiger partial charge in [-0.1, -0.05) is 70.1 Å². The fourth-order valence-electron chi connectivity index (χ4n) is 3.46. The number of amidine groups is 1. The van der Waals surface area contributed by atoms with Gasteiger partial charge in [-0.05, 0) is 55.2 Å². The maximum Gasteiger partial charge on any atom is 0.209 e. The van der Waals surface area contributed by atoms with Gasteiger partial charge < -0.3 is 0 Å². The zero-order valence-electron chi connectivity index (χ0n) is 26.1. The summed E-state index contributed by atoms with van der Waals surface area (Å²) in [5, 5.41) is 19.6. The second kappa shape index (κ2) is 21.0. The summed E-state index contributed by atoms with van der Waals surface area (Å²) >= 11 is 20.5. The molecule has 1 atom stereocenters. The largest absolute Gasteiger partial charge is 0.256 e. The summed E-state index contributed by atoms with van der Waals surface area (Å²) in [5.41, 5.74) is 2.22. The summed E-state index contributed by atoms with van der Waals surface area (Å²) in [5.74, 6) is -4.41. The average molecular weight is 825 g/mol. The van der Waals surface area contributed by atoms with Crippen molar-refractivity contribution in [3.8, 4) is 11.3 Å². The molecule has 0 amide bonds. The zero-order chi connectivity index (χ0) is 37.5. The molecule has 1 aliphatic heterocycles. The number of hydrogen-bond acceptors (Lipinski definition) is 12. The Kier molecular flexibility index (Phi) is 17.2. The van der Waals surface area contributed by atoms with Crippen molar-refractivity contribution < 1.29 is 26.3 Å². The van der Waals surface area contributed by atoms with Crippen molar-refractivity contribution in [2.75, 3.05) is 18.8 Å². The lowest BCUT2D eigenvalue weighted by Gasteiger charge is -2.16. The summed E-state index contributed by atoms with van der Waals surface area (Å²) < 4.78 is 78.9. The number of thioether (sulfide) groups is 3. The monoisotopic (exact) mass is 823 g/mol. The number of nitrogens with zero attached hydrogens (tertiary/aromatic N) is 8. The van der Waals surface area contributed by atoms with Crippen LogP contribution in [0.25, 0.3) is 11.3 Å². The Balaban J connectivity index is 0.000000193. The van der Waals surface area contributed by atoms with Gasteiger partial charge in [-0.3, -0.25) is 5.43 Å². The van der Waals surface area contributed by atoms with E-state index in [2.05, 4.69) is 45.9 Å². The van der Waals surface area contributed by atoms with Gasteiger partial charge in [0.15, 0.2) is 11.0 Å². The highest BCUT2D eigenvalue weighted by molar-refractivity contribution is 8.13. The van der Waals surface area contributed by atoms with Crippen molar-refractivity contribution >= 4 is 81.5 Å². The molecule has 3 aromatic carbocycles. The topological polar surface area (TPSA) is 114 Å². The molecule has 268 valence electrons. The van der Waals surface area contributed by atoms with E-state index in [-0.39, 0.29) is 31.9 Å². The molecule has 0 saturated carbocycles. The van der Waals surface area contributed by atoms with Gasteiger partial charge in [0, 0.05) is 6.07 Å². The standard InChI is InChI=1S/C10H8ClF2N3S.C10H6ClF2N3S.C6H3ClF2.C4H5N3S/c2*1-17-10-15-7(4-14-16-10)8-6(12)3-2-5(11)9(8)13;7-5-2-1-4(8)3-6(5)9;1-8-4-5-2-3-6-7-4/h2-4,7H,1H3,(H,15,16);2-4H,1H3;1-3H;2-3H,1H3. The van der Waals surface area contributed by atoms with Crippen molar-refractivity contribution in [3.05, 3.63) is 117 Å². The second-order valence-corrected chi connectivity index (χ2v) is 12.5. The molecule has 9 nitrogen and oxygen atoms in total. The SMILES string of the molecule is CSC1=NC(c2c(F)ccc(Cl)c2F)C=NN1.CSc1nccnn1.CSc1nncc(-c2c(F)ccc(Cl)c2F)n1.Fc1ccc(Cl)c(F)c1. The van der Waals surface area contributed by atoms with E-state index in [1.54, 1.807) is 24.9 Å². The van der Waals surface area contributed by atoms with Gasteiger partial charge in [0.2, 0.25) is 10.3 Å². The minimum atomic E-state index is -0.848. The molecule has 0 aliphatic carbocycles. The number of rotatable bonds is 4. The molecule has 6 rings (SSSR count). The van der Waals surface area contributed by atoms with Gasteiger partial charge in [-0.25, -0.2) is 41.3 Å². The van der Waals surface area contributed by atoms with E-state index in [0.29, 0.717) is 15.5 Å². The van der Waals surface area contributed by atoms with E-state index in [9.17, 15) is 26.3 Å². The fraction of sp³-hybridized carbons (Fsp3) is 0.133. The van der Waals surface area contributed by atoms with Gasteiger partial charge >= 0.3 is 0 Å². The summed E-state index contributed by atoms with van der Waals surface area (Å²) in [6.45, 7) is 0. The van der Waals surface area contributed by atoms with E-state index < -0.39 is 40.9 Å². The average Bonchev–Trinajstić information content (AvgIpc) is 3.15. The van der Waals surface area contributed by atoms with Gasteiger partial charge in [0.25, 0.3) is 0 Å². The summed E-state index contributed by atoms with van der Waals surface area (Å²) in [7, 11) is 0. The molecule has 51 heavy (non-hydrogen) atoms. The minimum Gasteiger partial charge on any atom is -0.256 e. The lowest BCUT2D eigenvalue weighted by molar-refractivity contribution is 0.551. The third kappa shape index (κ3) is 12.5. The molecule has 1 N–H and O–H groups in total. The van der Waals surface area contributed by atoms with Crippen LogP contribution >= 0.6 is 70.1 Å². The molecule has 1 unspecified atom stereocenters. The van der Waals surface area contributed by atoms with Crippen LogP contribution in [0.1, 0.15) is 11.6 Å². The van der Waals surface area contributed by atoms with Crippen LogP contribution in [-0.4, -0.2) is 60.5 Å². The Hall–Kier alpha value is -3.68. The van der Waals surface area contributed by atoms with Crippen LogP contribution in [0.5, 0.6) is 0 Å². The van der Waals surface area contributed by atoms with Crippen LogP contribution in [-0.2, 0) is 0 Å². The molecule has 3 heterocycles. The minimum absolute atomic E-state index is 0.0589. The van der Waals surface area contributed by atoms with Gasteiger partial charge in [0.05, 0.1) is 56.7 Å². The molecular formula is C30H22Cl3F6N9S3. The maximum atomic E-state index is 13.7. The summed E-state index contributed by atoms with van der Waals surface area (Å²) in [6, 6.07) is 6.75.